The van der Waals surface area contributed by atoms with Gasteiger partial charge >= 0.3 is 0 Å². The number of hydrogen-bond acceptors (Lipinski definition) is 4. The molecule has 6 nitrogen and oxygen atoms in total. The Hall–Kier alpha value is -2.33. The van der Waals surface area contributed by atoms with Crippen molar-refractivity contribution in [1.29, 1.82) is 5.26 Å². The maximum absolute atomic E-state index is 12.6. The fraction of sp³-hybridized carbons (Fsp3) is 0.231. The van der Waals surface area contributed by atoms with Gasteiger partial charge in [0.25, 0.3) is 10.0 Å². The number of nitrogens with zero attached hydrogens (tertiary/aromatic N) is 3. The number of aromatic nitrogens is 2. The van der Waals surface area contributed by atoms with Crippen molar-refractivity contribution >= 4 is 15.7 Å². The number of sulfonamides is 1. The van der Waals surface area contributed by atoms with Crippen LogP contribution in [0, 0.1) is 18.3 Å². The zero-order valence-corrected chi connectivity index (χ0v) is 11.8. The zero-order valence-electron chi connectivity index (χ0n) is 10.9. The quantitative estimate of drug-likeness (QED) is 0.909. The number of anilines is 1. The molecular formula is C13H14N4O2S. The van der Waals surface area contributed by atoms with Gasteiger partial charge in [-0.1, -0.05) is 18.2 Å². The molecule has 20 heavy (non-hydrogen) atoms. The van der Waals surface area contributed by atoms with Gasteiger partial charge in [0.15, 0.2) is 5.03 Å². The fourth-order valence-electron chi connectivity index (χ4n) is 1.78. The van der Waals surface area contributed by atoms with Gasteiger partial charge in [-0.3, -0.25) is 4.31 Å². The molecule has 0 unspecified atom stereocenters. The fourth-order valence-corrected chi connectivity index (χ4v) is 3.21. The van der Waals surface area contributed by atoms with E-state index in [9.17, 15) is 8.42 Å². The van der Waals surface area contributed by atoms with Crippen molar-refractivity contribution in [3.05, 3.63) is 42.4 Å². The molecule has 7 heteroatoms. The highest BCUT2D eigenvalue weighted by atomic mass is 32.2. The van der Waals surface area contributed by atoms with Crippen LogP contribution in [-0.2, 0) is 10.0 Å². The van der Waals surface area contributed by atoms with Gasteiger partial charge in [0, 0.05) is 6.54 Å². The van der Waals surface area contributed by atoms with Crippen LogP contribution in [0.4, 0.5) is 5.69 Å². The molecule has 2 aromatic rings. The molecule has 0 aliphatic heterocycles. The van der Waals surface area contributed by atoms with Crippen molar-refractivity contribution in [2.75, 3.05) is 10.8 Å². The van der Waals surface area contributed by atoms with Crippen LogP contribution in [0.15, 0.2) is 41.6 Å². The molecule has 0 spiro atoms. The van der Waals surface area contributed by atoms with Gasteiger partial charge in [-0.2, -0.15) is 13.7 Å². The predicted molar refractivity (Wildman–Crippen MR) is 74.5 cm³/mol. The molecule has 0 saturated carbocycles. The molecule has 0 fully saturated rings. The van der Waals surface area contributed by atoms with E-state index < -0.39 is 10.0 Å². The van der Waals surface area contributed by atoms with Gasteiger partial charge in [0.2, 0.25) is 0 Å². The first kappa shape index (κ1) is 14.1. The minimum absolute atomic E-state index is 0.0248. The van der Waals surface area contributed by atoms with E-state index in [1.807, 2.05) is 6.07 Å². The van der Waals surface area contributed by atoms with E-state index in [1.165, 1.54) is 10.5 Å². The van der Waals surface area contributed by atoms with Gasteiger partial charge in [-0.25, -0.2) is 4.98 Å². The van der Waals surface area contributed by atoms with Crippen molar-refractivity contribution in [2.24, 2.45) is 0 Å². The molecule has 1 aromatic carbocycles. The molecule has 0 atom stereocenters. The largest absolute Gasteiger partial charge is 0.332 e. The predicted octanol–water partition coefficient (Wildman–Crippen LogP) is 1.83. The highest BCUT2D eigenvalue weighted by Gasteiger charge is 2.26. The van der Waals surface area contributed by atoms with Gasteiger partial charge in [0.05, 0.1) is 24.4 Å². The van der Waals surface area contributed by atoms with Crippen molar-refractivity contribution in [2.45, 2.75) is 18.4 Å². The number of para-hydroxylation sites is 1. The summed E-state index contributed by atoms with van der Waals surface area (Å²) in [6.45, 7) is 1.78. The average Bonchev–Trinajstić information content (AvgIpc) is 2.88. The Kier molecular flexibility index (Phi) is 4.05. The van der Waals surface area contributed by atoms with E-state index in [0.717, 1.165) is 0 Å². The number of aryl methyl sites for hydroxylation is 1. The normalized spacial score (nSPS) is 11.0. The van der Waals surface area contributed by atoms with Crippen molar-refractivity contribution in [3.63, 3.8) is 0 Å². The lowest BCUT2D eigenvalue weighted by molar-refractivity contribution is 0.587. The van der Waals surface area contributed by atoms with Crippen LogP contribution in [0.5, 0.6) is 0 Å². The Labute approximate surface area is 117 Å². The lowest BCUT2D eigenvalue weighted by Crippen LogP contribution is -2.32. The monoisotopic (exact) mass is 290 g/mol. The number of benzene rings is 1. The molecule has 1 heterocycles. The first-order valence-corrected chi connectivity index (χ1v) is 7.46. The summed E-state index contributed by atoms with van der Waals surface area (Å²) in [7, 11) is -3.74. The number of rotatable bonds is 5. The summed E-state index contributed by atoms with van der Waals surface area (Å²) in [6.07, 6.45) is 1.40. The van der Waals surface area contributed by atoms with Crippen LogP contribution >= 0.6 is 0 Å². The molecule has 0 aliphatic rings. The molecular weight excluding hydrogens is 276 g/mol. The Bertz CT molecular complexity index is 716. The van der Waals surface area contributed by atoms with Crippen LogP contribution in [0.1, 0.15) is 12.2 Å². The van der Waals surface area contributed by atoms with Gasteiger partial charge < -0.3 is 4.98 Å². The van der Waals surface area contributed by atoms with Crippen LogP contribution in [-0.4, -0.2) is 24.9 Å². The topological polar surface area (TPSA) is 89.8 Å². The second-order valence-corrected chi connectivity index (χ2v) is 5.98. The third kappa shape index (κ3) is 2.81. The Morgan fingerprint density at radius 3 is 2.60 bits per heavy atom. The van der Waals surface area contributed by atoms with E-state index in [1.54, 1.807) is 37.3 Å². The van der Waals surface area contributed by atoms with Crippen molar-refractivity contribution in [1.82, 2.24) is 9.97 Å². The van der Waals surface area contributed by atoms with E-state index in [-0.39, 0.29) is 18.0 Å². The second-order valence-electron chi connectivity index (χ2n) is 4.15. The number of H-pyrrole nitrogens is 1. The average molecular weight is 290 g/mol. The molecule has 0 aliphatic carbocycles. The minimum Gasteiger partial charge on any atom is -0.332 e. The molecule has 0 radical (unpaired) electrons. The second kappa shape index (κ2) is 5.75. The number of aromatic amines is 1. The van der Waals surface area contributed by atoms with Crippen LogP contribution in [0.2, 0.25) is 0 Å². The van der Waals surface area contributed by atoms with E-state index in [0.29, 0.717) is 11.5 Å². The highest BCUT2D eigenvalue weighted by molar-refractivity contribution is 7.92. The number of nitrogens with one attached hydrogen (secondary N) is 1. The van der Waals surface area contributed by atoms with Crippen LogP contribution in [0.25, 0.3) is 0 Å². The summed E-state index contributed by atoms with van der Waals surface area (Å²) in [5, 5.41) is 8.74. The standard InChI is InChI=1S/C13H14N4O2S/c1-11-15-10-13(16-11)20(18,19)17(9-5-8-14)12-6-3-2-4-7-12/h2-4,6-7,10H,5,9H2,1H3,(H,15,16). The molecule has 0 amide bonds. The van der Waals surface area contributed by atoms with E-state index >= 15 is 0 Å². The number of nitriles is 1. The third-order valence-corrected chi connectivity index (χ3v) is 4.46. The Balaban J connectivity index is 2.44. The highest BCUT2D eigenvalue weighted by Crippen LogP contribution is 2.22. The lowest BCUT2D eigenvalue weighted by atomic mass is 10.3. The summed E-state index contributed by atoms with van der Waals surface area (Å²) in [5.41, 5.74) is 0.523. The van der Waals surface area contributed by atoms with Crippen LogP contribution < -0.4 is 4.31 Å². The van der Waals surface area contributed by atoms with Crippen LogP contribution in [0.3, 0.4) is 0 Å². The SMILES string of the molecule is Cc1ncc(S(=O)(=O)N(CCC#N)c2ccccc2)[nH]1. The maximum atomic E-state index is 12.6. The van der Waals surface area contributed by atoms with Crippen molar-refractivity contribution in [3.8, 4) is 6.07 Å². The molecule has 104 valence electrons. The summed E-state index contributed by atoms with van der Waals surface area (Å²) in [6, 6.07) is 10.7. The first-order chi connectivity index (χ1) is 9.55. The van der Waals surface area contributed by atoms with E-state index in [4.69, 9.17) is 5.26 Å². The maximum Gasteiger partial charge on any atom is 0.281 e. The minimum atomic E-state index is -3.74. The molecule has 2 rings (SSSR count). The summed E-state index contributed by atoms with van der Waals surface area (Å²) in [4.78, 5) is 6.63. The van der Waals surface area contributed by atoms with Crippen molar-refractivity contribution < 1.29 is 8.42 Å². The Morgan fingerprint density at radius 1 is 1.35 bits per heavy atom. The molecule has 1 N–H and O–H groups in total. The van der Waals surface area contributed by atoms with E-state index in [2.05, 4.69) is 9.97 Å². The summed E-state index contributed by atoms with van der Waals surface area (Å²) in [5.74, 6) is 0.525. The van der Waals surface area contributed by atoms with Gasteiger partial charge in [-0.05, 0) is 19.1 Å². The smallest absolute Gasteiger partial charge is 0.281 e. The summed E-state index contributed by atoms with van der Waals surface area (Å²) < 4.78 is 26.4. The third-order valence-electron chi connectivity index (χ3n) is 2.72. The molecule has 1 aromatic heterocycles. The summed E-state index contributed by atoms with van der Waals surface area (Å²) >= 11 is 0. The van der Waals surface area contributed by atoms with Gasteiger partial charge in [0.1, 0.15) is 5.82 Å². The zero-order chi connectivity index (χ0) is 14.6. The number of imidazole rings is 1. The Morgan fingerprint density at radius 2 is 2.05 bits per heavy atom. The first-order valence-electron chi connectivity index (χ1n) is 6.02. The van der Waals surface area contributed by atoms with Gasteiger partial charge in [-0.15, -0.1) is 0 Å². The molecule has 0 saturated heterocycles. The molecule has 0 bridgehead atoms. The lowest BCUT2D eigenvalue weighted by Gasteiger charge is -2.22. The number of hydrogen-bond donors (Lipinski definition) is 1.